The molecule has 146 valence electrons. The second-order valence-electron chi connectivity index (χ2n) is 7.89. The van der Waals surface area contributed by atoms with Crippen LogP contribution in [0.15, 0.2) is 12.1 Å². The lowest BCUT2D eigenvalue weighted by molar-refractivity contribution is -0.137. The van der Waals surface area contributed by atoms with E-state index in [1.54, 1.807) is 6.07 Å². The fraction of sp³-hybridized carbons (Fsp3) is 0.474. The molecule has 4 heterocycles. The van der Waals surface area contributed by atoms with E-state index < -0.39 is 11.9 Å². The van der Waals surface area contributed by atoms with E-state index in [0.29, 0.717) is 30.8 Å². The van der Waals surface area contributed by atoms with Crippen molar-refractivity contribution in [2.45, 2.75) is 31.5 Å². The standard InChI is InChI=1S/C19H21N5O4/c1-22-4-5-23-14-6-10-8-24(13-2-3-16(25)21-17(13)26)19(28)11(10)7-12(14)20-18(27)15(23)9-22/h6-7,13,15H,2-5,8-9H2,1H3,(H,20,27)(H,21,25,26)/t13?,15-/m0/s1. The lowest BCUT2D eigenvalue weighted by Gasteiger charge is -2.44. The van der Waals surface area contributed by atoms with Gasteiger partial charge in [0.25, 0.3) is 5.91 Å². The number of hydrogen-bond donors (Lipinski definition) is 2. The van der Waals surface area contributed by atoms with Gasteiger partial charge in [-0.25, -0.2) is 0 Å². The number of imide groups is 1. The number of anilines is 2. The third-order valence-corrected chi connectivity index (χ3v) is 6.09. The van der Waals surface area contributed by atoms with Crippen molar-refractivity contribution in [3.63, 3.8) is 0 Å². The summed E-state index contributed by atoms with van der Waals surface area (Å²) in [5.74, 6) is -1.02. The summed E-state index contributed by atoms with van der Waals surface area (Å²) < 4.78 is 0. The first-order chi connectivity index (χ1) is 13.4. The maximum Gasteiger partial charge on any atom is 0.255 e. The van der Waals surface area contributed by atoms with E-state index in [0.717, 1.165) is 24.3 Å². The number of likely N-dealkylation sites (N-methyl/N-ethyl adjacent to an activating group) is 1. The summed E-state index contributed by atoms with van der Waals surface area (Å²) in [7, 11) is 2.00. The Kier molecular flexibility index (Phi) is 3.70. The normalized spacial score (nSPS) is 27.2. The summed E-state index contributed by atoms with van der Waals surface area (Å²) in [6.45, 7) is 2.59. The van der Waals surface area contributed by atoms with Crippen molar-refractivity contribution in [3.05, 3.63) is 23.3 Å². The average Bonchev–Trinajstić information content (AvgIpc) is 2.96. The molecule has 0 spiro atoms. The molecule has 2 saturated heterocycles. The van der Waals surface area contributed by atoms with Crippen LogP contribution in [-0.2, 0) is 20.9 Å². The minimum Gasteiger partial charge on any atom is -0.355 e. The molecule has 28 heavy (non-hydrogen) atoms. The van der Waals surface area contributed by atoms with Crippen LogP contribution in [-0.4, -0.2) is 72.2 Å². The van der Waals surface area contributed by atoms with Gasteiger partial charge in [-0.05, 0) is 31.2 Å². The molecule has 0 bridgehead atoms. The van der Waals surface area contributed by atoms with E-state index in [1.807, 2.05) is 13.1 Å². The monoisotopic (exact) mass is 383 g/mol. The first-order valence-electron chi connectivity index (χ1n) is 9.50. The molecule has 0 radical (unpaired) electrons. The third kappa shape index (κ3) is 2.50. The number of carbonyl (C=O) groups is 4. The zero-order chi connectivity index (χ0) is 19.6. The van der Waals surface area contributed by atoms with E-state index in [1.165, 1.54) is 4.90 Å². The van der Waals surface area contributed by atoms with Crippen LogP contribution in [0, 0.1) is 0 Å². The Hall–Kier alpha value is -2.94. The fourth-order valence-electron chi connectivity index (χ4n) is 4.59. The summed E-state index contributed by atoms with van der Waals surface area (Å²) in [5.41, 5.74) is 2.93. The maximum atomic E-state index is 12.9. The summed E-state index contributed by atoms with van der Waals surface area (Å²) in [5, 5.41) is 5.25. The van der Waals surface area contributed by atoms with Crippen LogP contribution in [0.25, 0.3) is 0 Å². The van der Waals surface area contributed by atoms with Gasteiger partial charge in [0.15, 0.2) is 0 Å². The quantitative estimate of drug-likeness (QED) is 0.635. The van der Waals surface area contributed by atoms with Crippen molar-refractivity contribution in [3.8, 4) is 0 Å². The van der Waals surface area contributed by atoms with Gasteiger partial charge in [0, 0.05) is 38.2 Å². The van der Waals surface area contributed by atoms with E-state index in [2.05, 4.69) is 20.4 Å². The van der Waals surface area contributed by atoms with Crippen molar-refractivity contribution in [2.24, 2.45) is 0 Å². The van der Waals surface area contributed by atoms with E-state index in [9.17, 15) is 19.2 Å². The first-order valence-corrected chi connectivity index (χ1v) is 9.50. The number of piperidine rings is 1. The Morgan fingerprint density at radius 1 is 0.964 bits per heavy atom. The van der Waals surface area contributed by atoms with Gasteiger partial charge in [-0.1, -0.05) is 0 Å². The molecule has 0 aromatic heterocycles. The number of rotatable bonds is 1. The largest absolute Gasteiger partial charge is 0.355 e. The minimum atomic E-state index is -0.638. The number of nitrogens with one attached hydrogen (secondary N) is 2. The highest BCUT2D eigenvalue weighted by Crippen LogP contribution is 2.39. The number of nitrogens with zero attached hydrogens (tertiary/aromatic N) is 3. The van der Waals surface area contributed by atoms with Gasteiger partial charge in [-0.15, -0.1) is 0 Å². The van der Waals surface area contributed by atoms with Crippen LogP contribution in [0.3, 0.4) is 0 Å². The van der Waals surface area contributed by atoms with E-state index in [4.69, 9.17) is 0 Å². The van der Waals surface area contributed by atoms with Crippen molar-refractivity contribution < 1.29 is 19.2 Å². The molecule has 0 aliphatic carbocycles. The number of benzene rings is 1. The molecule has 2 atom stereocenters. The average molecular weight is 383 g/mol. The highest BCUT2D eigenvalue weighted by Gasteiger charge is 2.42. The number of piperazine rings is 1. The van der Waals surface area contributed by atoms with Gasteiger partial charge in [0.1, 0.15) is 12.1 Å². The second-order valence-corrected chi connectivity index (χ2v) is 7.89. The summed E-state index contributed by atoms with van der Waals surface area (Å²) >= 11 is 0. The minimum absolute atomic E-state index is 0.0635. The summed E-state index contributed by atoms with van der Waals surface area (Å²) in [4.78, 5) is 54.9. The molecule has 5 rings (SSSR count). The predicted molar refractivity (Wildman–Crippen MR) is 99.7 cm³/mol. The first kappa shape index (κ1) is 17.2. The molecule has 4 amide bonds. The van der Waals surface area contributed by atoms with Crippen molar-refractivity contribution in [2.75, 3.05) is 36.9 Å². The zero-order valence-electron chi connectivity index (χ0n) is 15.5. The Morgan fingerprint density at radius 2 is 1.75 bits per heavy atom. The molecule has 2 N–H and O–H groups in total. The molecular formula is C19H21N5O4. The van der Waals surface area contributed by atoms with Gasteiger partial charge in [-0.3, -0.25) is 24.5 Å². The van der Waals surface area contributed by atoms with Crippen LogP contribution >= 0.6 is 0 Å². The molecule has 9 heteroatoms. The zero-order valence-corrected chi connectivity index (χ0v) is 15.5. The lowest BCUT2D eigenvalue weighted by atomic mass is 10.0. The molecular weight excluding hydrogens is 362 g/mol. The highest BCUT2D eigenvalue weighted by atomic mass is 16.2. The topological polar surface area (TPSA) is 102 Å². The second kappa shape index (κ2) is 6.03. The van der Waals surface area contributed by atoms with E-state index in [-0.39, 0.29) is 30.2 Å². The van der Waals surface area contributed by atoms with E-state index >= 15 is 0 Å². The van der Waals surface area contributed by atoms with Crippen LogP contribution in [0.1, 0.15) is 28.8 Å². The van der Waals surface area contributed by atoms with Gasteiger partial charge in [-0.2, -0.15) is 0 Å². The highest BCUT2D eigenvalue weighted by molar-refractivity contribution is 6.09. The maximum absolute atomic E-state index is 12.9. The number of fused-ring (bicyclic) bond motifs is 4. The number of amides is 4. The summed E-state index contributed by atoms with van der Waals surface area (Å²) in [6, 6.07) is 2.81. The molecule has 9 nitrogen and oxygen atoms in total. The van der Waals surface area contributed by atoms with Gasteiger partial charge >= 0.3 is 0 Å². The third-order valence-electron chi connectivity index (χ3n) is 6.09. The van der Waals surface area contributed by atoms with Gasteiger partial charge in [0.05, 0.1) is 11.4 Å². The molecule has 1 unspecified atom stereocenters. The van der Waals surface area contributed by atoms with Crippen LogP contribution < -0.4 is 15.5 Å². The van der Waals surface area contributed by atoms with Crippen molar-refractivity contribution in [1.29, 1.82) is 0 Å². The van der Waals surface area contributed by atoms with Gasteiger partial charge < -0.3 is 20.0 Å². The van der Waals surface area contributed by atoms with Gasteiger partial charge in [0.2, 0.25) is 17.7 Å². The molecule has 4 aliphatic heterocycles. The smallest absolute Gasteiger partial charge is 0.255 e. The predicted octanol–water partition coefficient (Wildman–Crippen LogP) is -0.480. The fourth-order valence-corrected chi connectivity index (χ4v) is 4.59. The summed E-state index contributed by atoms with van der Waals surface area (Å²) in [6.07, 6.45) is 0.563. The molecule has 0 saturated carbocycles. The molecule has 1 aromatic rings. The number of carbonyl (C=O) groups excluding carboxylic acids is 4. The molecule has 1 aromatic carbocycles. The Balaban J connectivity index is 1.47. The van der Waals surface area contributed by atoms with Crippen molar-refractivity contribution in [1.82, 2.24) is 15.1 Å². The molecule has 4 aliphatic rings. The Bertz CT molecular complexity index is 929. The molecule has 2 fully saturated rings. The van der Waals surface area contributed by atoms with Crippen LogP contribution in [0.4, 0.5) is 11.4 Å². The van der Waals surface area contributed by atoms with Crippen LogP contribution in [0.5, 0.6) is 0 Å². The Morgan fingerprint density at radius 3 is 2.54 bits per heavy atom. The SMILES string of the molecule is CN1CCN2c3cc4c(cc3NC(=O)[C@@H]2C1)C(=O)N(C1CCC(=O)NC1=O)C4. The Labute approximate surface area is 161 Å². The lowest BCUT2D eigenvalue weighted by Crippen LogP contribution is -2.59. The number of hydrogen-bond acceptors (Lipinski definition) is 6. The van der Waals surface area contributed by atoms with Crippen molar-refractivity contribution >= 4 is 35.0 Å². The van der Waals surface area contributed by atoms with Crippen LogP contribution in [0.2, 0.25) is 0 Å².